The van der Waals surface area contributed by atoms with Gasteiger partial charge in [-0.25, -0.2) is 0 Å². The zero-order chi connectivity index (χ0) is 14.4. The van der Waals surface area contributed by atoms with E-state index >= 15 is 0 Å². The predicted octanol–water partition coefficient (Wildman–Crippen LogP) is 2.70. The molecular weight excluding hydrogens is 264 g/mol. The molecule has 0 saturated carbocycles. The van der Waals surface area contributed by atoms with Crippen LogP contribution >= 0.6 is 11.6 Å². The van der Waals surface area contributed by atoms with Gasteiger partial charge in [-0.3, -0.25) is 9.59 Å². The number of anilines is 1. The summed E-state index contributed by atoms with van der Waals surface area (Å²) in [6.45, 7) is 3.64. The standard InChI is InChI=1S/C14H17ClN2O2/c1-10(2)8-14(19)17(3)9-13(18)16-12-7-5-4-6-11(12)15/h4-8H,9H2,1-3H3,(H,16,18). The molecular formula is C14H17ClN2O2. The molecule has 0 saturated heterocycles. The van der Waals surface area contributed by atoms with Crippen molar-refractivity contribution in [3.63, 3.8) is 0 Å². The van der Waals surface area contributed by atoms with Gasteiger partial charge in [-0.05, 0) is 26.0 Å². The molecule has 2 amide bonds. The van der Waals surface area contributed by atoms with E-state index in [-0.39, 0.29) is 18.4 Å². The van der Waals surface area contributed by atoms with Crippen molar-refractivity contribution in [3.8, 4) is 0 Å². The lowest BCUT2D eigenvalue weighted by atomic mass is 10.3. The Kier molecular flexibility index (Phi) is 5.57. The highest BCUT2D eigenvalue weighted by Crippen LogP contribution is 2.20. The van der Waals surface area contributed by atoms with Gasteiger partial charge in [0, 0.05) is 13.1 Å². The van der Waals surface area contributed by atoms with Crippen LogP contribution in [0, 0.1) is 0 Å². The first-order valence-electron chi connectivity index (χ1n) is 5.84. The smallest absolute Gasteiger partial charge is 0.246 e. The van der Waals surface area contributed by atoms with Gasteiger partial charge in [-0.1, -0.05) is 29.3 Å². The fourth-order valence-electron chi connectivity index (χ4n) is 1.40. The van der Waals surface area contributed by atoms with Crippen LogP contribution in [0.5, 0.6) is 0 Å². The molecule has 102 valence electrons. The summed E-state index contributed by atoms with van der Waals surface area (Å²) in [6.07, 6.45) is 1.49. The van der Waals surface area contributed by atoms with Crippen molar-refractivity contribution in [2.24, 2.45) is 0 Å². The average Bonchev–Trinajstić information content (AvgIpc) is 2.31. The van der Waals surface area contributed by atoms with Crippen molar-refractivity contribution in [3.05, 3.63) is 40.9 Å². The van der Waals surface area contributed by atoms with Crippen LogP contribution in [0.15, 0.2) is 35.9 Å². The molecule has 1 rings (SSSR count). The van der Waals surface area contributed by atoms with E-state index in [4.69, 9.17) is 11.6 Å². The number of allylic oxidation sites excluding steroid dienone is 1. The Bertz CT molecular complexity index is 508. The number of likely N-dealkylation sites (N-methyl/N-ethyl adjacent to an activating group) is 1. The number of carbonyl (C=O) groups is 2. The van der Waals surface area contributed by atoms with Crippen molar-refractivity contribution >= 4 is 29.1 Å². The number of carbonyl (C=O) groups excluding carboxylic acids is 2. The van der Waals surface area contributed by atoms with Crippen LogP contribution in [0.1, 0.15) is 13.8 Å². The van der Waals surface area contributed by atoms with Crippen molar-refractivity contribution in [1.29, 1.82) is 0 Å². The Morgan fingerprint density at radius 2 is 1.95 bits per heavy atom. The normalized spacial score (nSPS) is 9.68. The number of nitrogens with one attached hydrogen (secondary N) is 1. The molecule has 1 aromatic rings. The molecule has 0 atom stereocenters. The second kappa shape index (κ2) is 6.95. The lowest BCUT2D eigenvalue weighted by Gasteiger charge is -2.15. The number of amides is 2. The van der Waals surface area contributed by atoms with Crippen LogP contribution in [0.3, 0.4) is 0 Å². The van der Waals surface area contributed by atoms with Crippen LogP contribution in [0.25, 0.3) is 0 Å². The maximum Gasteiger partial charge on any atom is 0.246 e. The minimum absolute atomic E-state index is 0.0200. The van der Waals surface area contributed by atoms with Gasteiger partial charge in [-0.2, -0.15) is 0 Å². The molecule has 0 aromatic heterocycles. The van der Waals surface area contributed by atoms with E-state index < -0.39 is 0 Å². The fraction of sp³-hybridized carbons (Fsp3) is 0.286. The number of rotatable bonds is 4. The number of para-hydroxylation sites is 1. The van der Waals surface area contributed by atoms with E-state index in [9.17, 15) is 9.59 Å². The van der Waals surface area contributed by atoms with E-state index in [1.165, 1.54) is 11.0 Å². The first-order valence-corrected chi connectivity index (χ1v) is 6.22. The summed E-state index contributed by atoms with van der Waals surface area (Å²) < 4.78 is 0. The summed E-state index contributed by atoms with van der Waals surface area (Å²) in [6, 6.07) is 6.95. The van der Waals surface area contributed by atoms with Gasteiger partial charge in [-0.15, -0.1) is 0 Å². The highest BCUT2D eigenvalue weighted by molar-refractivity contribution is 6.33. The van der Waals surface area contributed by atoms with Crippen molar-refractivity contribution in [2.75, 3.05) is 18.9 Å². The van der Waals surface area contributed by atoms with Gasteiger partial charge in [0.25, 0.3) is 0 Å². The van der Waals surface area contributed by atoms with Gasteiger partial charge >= 0.3 is 0 Å². The molecule has 0 bridgehead atoms. The van der Waals surface area contributed by atoms with Gasteiger partial charge in [0.2, 0.25) is 11.8 Å². The summed E-state index contributed by atoms with van der Waals surface area (Å²) in [5.74, 6) is -0.486. The fourth-order valence-corrected chi connectivity index (χ4v) is 1.59. The molecule has 0 fully saturated rings. The Labute approximate surface area is 118 Å². The maximum atomic E-state index is 11.8. The lowest BCUT2D eigenvalue weighted by Crippen LogP contribution is -2.34. The minimum Gasteiger partial charge on any atom is -0.333 e. The van der Waals surface area contributed by atoms with Crippen molar-refractivity contribution in [1.82, 2.24) is 4.90 Å². The number of halogens is 1. The molecule has 0 heterocycles. The quantitative estimate of drug-likeness (QED) is 0.862. The van der Waals surface area contributed by atoms with E-state index in [1.54, 1.807) is 31.3 Å². The van der Waals surface area contributed by atoms with Crippen LogP contribution in [0.2, 0.25) is 5.02 Å². The van der Waals surface area contributed by atoms with E-state index in [1.807, 2.05) is 13.8 Å². The van der Waals surface area contributed by atoms with Crippen LogP contribution in [0.4, 0.5) is 5.69 Å². The SMILES string of the molecule is CC(C)=CC(=O)N(C)CC(=O)Nc1ccccc1Cl. The zero-order valence-electron chi connectivity index (χ0n) is 11.2. The number of nitrogens with zero attached hydrogens (tertiary/aromatic N) is 1. The number of benzene rings is 1. The second-order valence-electron chi connectivity index (χ2n) is 4.44. The zero-order valence-corrected chi connectivity index (χ0v) is 12.0. The summed E-state index contributed by atoms with van der Waals surface area (Å²) in [5, 5.41) is 3.13. The second-order valence-corrected chi connectivity index (χ2v) is 4.85. The maximum absolute atomic E-state index is 11.8. The summed E-state index contributed by atoms with van der Waals surface area (Å²) >= 11 is 5.93. The molecule has 0 unspecified atom stereocenters. The van der Waals surface area contributed by atoms with Gasteiger partial charge in [0.1, 0.15) is 0 Å². The summed E-state index contributed by atoms with van der Waals surface area (Å²) in [5.41, 5.74) is 1.43. The largest absolute Gasteiger partial charge is 0.333 e. The predicted molar refractivity (Wildman–Crippen MR) is 77.1 cm³/mol. The Morgan fingerprint density at radius 1 is 1.32 bits per heavy atom. The number of hydrogen-bond acceptors (Lipinski definition) is 2. The van der Waals surface area contributed by atoms with E-state index in [0.717, 1.165) is 5.57 Å². The molecule has 0 spiro atoms. The molecule has 0 aliphatic rings. The molecule has 5 heteroatoms. The van der Waals surface area contributed by atoms with Crippen LogP contribution in [-0.2, 0) is 9.59 Å². The topological polar surface area (TPSA) is 49.4 Å². The Hall–Kier alpha value is -1.81. The Balaban J connectivity index is 2.59. The third kappa shape index (κ3) is 5.14. The first-order chi connectivity index (χ1) is 8.90. The van der Waals surface area contributed by atoms with Gasteiger partial charge in [0.15, 0.2) is 0 Å². The number of hydrogen-bond donors (Lipinski definition) is 1. The highest BCUT2D eigenvalue weighted by atomic mass is 35.5. The molecule has 0 aliphatic carbocycles. The average molecular weight is 281 g/mol. The summed E-state index contributed by atoms with van der Waals surface area (Å²) in [7, 11) is 1.58. The van der Waals surface area contributed by atoms with Crippen molar-refractivity contribution < 1.29 is 9.59 Å². The first kappa shape index (κ1) is 15.2. The van der Waals surface area contributed by atoms with Crippen LogP contribution in [-0.4, -0.2) is 30.3 Å². The molecule has 19 heavy (non-hydrogen) atoms. The molecule has 0 aliphatic heterocycles. The molecule has 4 nitrogen and oxygen atoms in total. The third-order valence-electron chi connectivity index (χ3n) is 2.32. The van der Waals surface area contributed by atoms with Gasteiger partial charge < -0.3 is 10.2 Å². The summed E-state index contributed by atoms with van der Waals surface area (Å²) in [4.78, 5) is 24.8. The molecule has 0 radical (unpaired) electrons. The minimum atomic E-state index is -0.286. The van der Waals surface area contributed by atoms with Crippen molar-refractivity contribution in [2.45, 2.75) is 13.8 Å². The van der Waals surface area contributed by atoms with Gasteiger partial charge in [0.05, 0.1) is 17.3 Å². The third-order valence-corrected chi connectivity index (χ3v) is 2.65. The Morgan fingerprint density at radius 3 is 2.53 bits per heavy atom. The van der Waals surface area contributed by atoms with E-state index in [0.29, 0.717) is 10.7 Å². The molecule has 1 aromatic carbocycles. The monoisotopic (exact) mass is 280 g/mol. The van der Waals surface area contributed by atoms with Crippen LogP contribution < -0.4 is 5.32 Å². The highest BCUT2D eigenvalue weighted by Gasteiger charge is 2.11. The molecule has 1 N–H and O–H groups in total. The van der Waals surface area contributed by atoms with E-state index in [2.05, 4.69) is 5.32 Å². The lowest BCUT2D eigenvalue weighted by molar-refractivity contribution is -0.129.